The number of benzene rings is 1. The van der Waals surface area contributed by atoms with E-state index in [4.69, 9.17) is 18.9 Å². The van der Waals surface area contributed by atoms with Gasteiger partial charge in [0.15, 0.2) is 0 Å². The molecular weight excluding hydrogens is 360 g/mol. The van der Waals surface area contributed by atoms with Crippen LogP contribution in [0.3, 0.4) is 0 Å². The molecule has 28 heavy (non-hydrogen) atoms. The minimum Gasteiger partial charge on any atom is -0.491 e. The number of aliphatic hydroxyl groups excluding tert-OH is 2. The Bertz CT molecular complexity index is 486. The molecule has 1 rings (SSSR count). The molecule has 0 saturated carbocycles. The first-order chi connectivity index (χ1) is 13.5. The molecule has 0 aliphatic carbocycles. The highest BCUT2D eigenvalue weighted by molar-refractivity contribution is 5.45. The first-order valence-corrected chi connectivity index (χ1v) is 10.4. The average Bonchev–Trinajstić information content (AvgIpc) is 2.67. The van der Waals surface area contributed by atoms with Crippen LogP contribution in [0.1, 0.15) is 50.7 Å². The number of ether oxygens (including phenoxy) is 4. The summed E-state index contributed by atoms with van der Waals surface area (Å²) < 4.78 is 22.3. The standard InChI is InChI=1S/C22H38O6/c1-5-7-9-25-13-19(23)15-27-21-11-18(4)22(12-17(21)3)28-16-20(24)14-26-10-8-6-2/h11-12,19-20,23-24H,5-10,13-16H2,1-4H3. The van der Waals surface area contributed by atoms with Crippen molar-refractivity contribution in [3.63, 3.8) is 0 Å². The molecule has 1 aromatic carbocycles. The van der Waals surface area contributed by atoms with Gasteiger partial charge in [0.1, 0.15) is 36.9 Å². The number of aryl methyl sites for hydroxylation is 2. The SMILES string of the molecule is CCCCOCC(O)COc1cc(C)c(OCC(O)COCCCC)cc1C. The second kappa shape index (κ2) is 14.6. The molecule has 0 bridgehead atoms. The summed E-state index contributed by atoms with van der Waals surface area (Å²) in [6, 6.07) is 3.78. The van der Waals surface area contributed by atoms with Gasteiger partial charge in [-0.1, -0.05) is 26.7 Å². The van der Waals surface area contributed by atoms with Crippen LogP contribution in [0.4, 0.5) is 0 Å². The predicted octanol–water partition coefficient (Wildman–Crippen LogP) is 3.42. The number of rotatable bonds is 16. The zero-order valence-electron chi connectivity index (χ0n) is 17.9. The number of hydrogen-bond donors (Lipinski definition) is 2. The van der Waals surface area contributed by atoms with Crippen molar-refractivity contribution >= 4 is 0 Å². The van der Waals surface area contributed by atoms with Crippen LogP contribution >= 0.6 is 0 Å². The van der Waals surface area contributed by atoms with Gasteiger partial charge in [0, 0.05) is 13.2 Å². The van der Waals surface area contributed by atoms with Crippen molar-refractivity contribution in [2.75, 3.05) is 39.6 Å². The molecule has 6 nitrogen and oxygen atoms in total. The van der Waals surface area contributed by atoms with Crippen LogP contribution in [0.5, 0.6) is 11.5 Å². The zero-order valence-corrected chi connectivity index (χ0v) is 17.9. The van der Waals surface area contributed by atoms with Crippen molar-refractivity contribution in [1.82, 2.24) is 0 Å². The van der Waals surface area contributed by atoms with Crippen molar-refractivity contribution in [3.05, 3.63) is 23.3 Å². The lowest BCUT2D eigenvalue weighted by Crippen LogP contribution is -2.24. The fourth-order valence-corrected chi connectivity index (χ4v) is 2.47. The Morgan fingerprint density at radius 2 is 1.11 bits per heavy atom. The summed E-state index contributed by atoms with van der Waals surface area (Å²) in [6.45, 7) is 10.3. The highest BCUT2D eigenvalue weighted by Crippen LogP contribution is 2.28. The summed E-state index contributed by atoms with van der Waals surface area (Å²) in [6.07, 6.45) is 2.82. The molecule has 0 fully saturated rings. The molecule has 6 heteroatoms. The lowest BCUT2D eigenvalue weighted by atomic mass is 10.1. The molecule has 162 valence electrons. The van der Waals surface area contributed by atoms with Gasteiger partial charge in [0.25, 0.3) is 0 Å². The van der Waals surface area contributed by atoms with Crippen LogP contribution in [0.25, 0.3) is 0 Å². The molecule has 1 aromatic rings. The lowest BCUT2D eigenvalue weighted by molar-refractivity contribution is 0.0104. The second-order valence-corrected chi connectivity index (χ2v) is 7.17. The van der Waals surface area contributed by atoms with Gasteiger partial charge in [-0.05, 0) is 49.9 Å². The molecule has 0 saturated heterocycles. The van der Waals surface area contributed by atoms with Crippen molar-refractivity contribution in [2.45, 2.75) is 65.6 Å². The van der Waals surface area contributed by atoms with Gasteiger partial charge >= 0.3 is 0 Å². The van der Waals surface area contributed by atoms with Crippen LogP contribution < -0.4 is 9.47 Å². The van der Waals surface area contributed by atoms with Crippen LogP contribution in [0.2, 0.25) is 0 Å². The highest BCUT2D eigenvalue weighted by atomic mass is 16.5. The quantitative estimate of drug-likeness (QED) is 0.416. The summed E-state index contributed by atoms with van der Waals surface area (Å²) in [4.78, 5) is 0. The summed E-state index contributed by atoms with van der Waals surface area (Å²) in [5, 5.41) is 19.9. The van der Waals surface area contributed by atoms with Gasteiger partial charge in [-0.2, -0.15) is 0 Å². The summed E-state index contributed by atoms with van der Waals surface area (Å²) in [5.74, 6) is 1.42. The highest BCUT2D eigenvalue weighted by Gasteiger charge is 2.12. The number of aliphatic hydroxyl groups is 2. The smallest absolute Gasteiger partial charge is 0.122 e. The van der Waals surface area contributed by atoms with Crippen molar-refractivity contribution in [1.29, 1.82) is 0 Å². The Hall–Kier alpha value is -1.34. The minimum atomic E-state index is -0.657. The monoisotopic (exact) mass is 398 g/mol. The molecule has 2 atom stereocenters. The van der Waals surface area contributed by atoms with Crippen LogP contribution in [-0.4, -0.2) is 62.1 Å². The molecule has 0 aliphatic rings. The molecule has 0 radical (unpaired) electrons. The first-order valence-electron chi connectivity index (χ1n) is 10.4. The van der Waals surface area contributed by atoms with Gasteiger partial charge in [-0.3, -0.25) is 0 Å². The minimum absolute atomic E-state index is 0.181. The maximum absolute atomic E-state index is 9.96. The maximum atomic E-state index is 9.96. The van der Waals surface area contributed by atoms with Crippen molar-refractivity contribution < 1.29 is 29.2 Å². The molecule has 2 N–H and O–H groups in total. The van der Waals surface area contributed by atoms with Crippen LogP contribution in [0, 0.1) is 13.8 Å². The summed E-state index contributed by atoms with van der Waals surface area (Å²) >= 11 is 0. The van der Waals surface area contributed by atoms with E-state index < -0.39 is 12.2 Å². The van der Waals surface area contributed by atoms with Gasteiger partial charge < -0.3 is 29.2 Å². The van der Waals surface area contributed by atoms with E-state index in [-0.39, 0.29) is 26.4 Å². The van der Waals surface area contributed by atoms with E-state index >= 15 is 0 Å². The third-order valence-electron chi connectivity index (χ3n) is 4.24. The number of unbranched alkanes of at least 4 members (excludes halogenated alkanes) is 2. The fraction of sp³-hybridized carbons (Fsp3) is 0.727. The van der Waals surface area contributed by atoms with Crippen LogP contribution in [-0.2, 0) is 9.47 Å². The molecule has 0 aromatic heterocycles. The molecule has 0 spiro atoms. The van der Waals surface area contributed by atoms with E-state index in [1.54, 1.807) is 0 Å². The second-order valence-electron chi connectivity index (χ2n) is 7.17. The molecule has 0 heterocycles. The van der Waals surface area contributed by atoms with Crippen molar-refractivity contribution in [3.8, 4) is 11.5 Å². The molecule has 2 unspecified atom stereocenters. The maximum Gasteiger partial charge on any atom is 0.122 e. The largest absolute Gasteiger partial charge is 0.491 e. The van der Waals surface area contributed by atoms with E-state index in [2.05, 4.69) is 13.8 Å². The molecular formula is C22H38O6. The Morgan fingerprint density at radius 1 is 0.714 bits per heavy atom. The Kier molecular flexibility index (Phi) is 12.9. The van der Waals surface area contributed by atoms with Crippen molar-refractivity contribution in [2.24, 2.45) is 0 Å². The third kappa shape index (κ3) is 10.3. The van der Waals surface area contributed by atoms with E-state index in [1.807, 2.05) is 26.0 Å². The van der Waals surface area contributed by atoms with Crippen LogP contribution in [0.15, 0.2) is 12.1 Å². The lowest BCUT2D eigenvalue weighted by Gasteiger charge is -2.18. The fourth-order valence-electron chi connectivity index (χ4n) is 2.47. The molecule has 0 aliphatic heterocycles. The van der Waals surface area contributed by atoms with Gasteiger partial charge in [0.05, 0.1) is 13.2 Å². The average molecular weight is 399 g/mol. The van der Waals surface area contributed by atoms with E-state index in [1.165, 1.54) is 0 Å². The third-order valence-corrected chi connectivity index (χ3v) is 4.24. The first kappa shape index (κ1) is 24.7. The topological polar surface area (TPSA) is 77.4 Å². The summed E-state index contributed by atoms with van der Waals surface area (Å²) in [5.41, 5.74) is 1.82. The summed E-state index contributed by atoms with van der Waals surface area (Å²) in [7, 11) is 0. The Labute approximate surface area is 169 Å². The van der Waals surface area contributed by atoms with E-state index in [0.29, 0.717) is 24.7 Å². The predicted molar refractivity (Wildman–Crippen MR) is 110 cm³/mol. The molecule has 0 amide bonds. The number of hydrogen-bond acceptors (Lipinski definition) is 6. The van der Waals surface area contributed by atoms with E-state index in [9.17, 15) is 10.2 Å². The van der Waals surface area contributed by atoms with E-state index in [0.717, 1.165) is 36.8 Å². The normalized spacial score (nSPS) is 13.4. The van der Waals surface area contributed by atoms with Gasteiger partial charge in [0.2, 0.25) is 0 Å². The Morgan fingerprint density at radius 3 is 1.46 bits per heavy atom. The van der Waals surface area contributed by atoms with Gasteiger partial charge in [-0.15, -0.1) is 0 Å². The Balaban J connectivity index is 2.42. The zero-order chi connectivity index (χ0) is 20.8. The van der Waals surface area contributed by atoms with Gasteiger partial charge in [-0.25, -0.2) is 0 Å².